The topological polar surface area (TPSA) is 66.6 Å². The van der Waals surface area contributed by atoms with Crippen molar-refractivity contribution in [3.05, 3.63) is 33.9 Å². The molecule has 0 spiro atoms. The van der Waals surface area contributed by atoms with E-state index in [0.717, 1.165) is 0 Å². The van der Waals surface area contributed by atoms with Gasteiger partial charge in [0.25, 0.3) is 5.69 Å². The molecule has 0 aliphatic carbocycles. The summed E-state index contributed by atoms with van der Waals surface area (Å²) < 4.78 is 0. The van der Waals surface area contributed by atoms with Gasteiger partial charge in [-0.05, 0) is 32.8 Å². The Hall–Kier alpha value is -1.62. The van der Waals surface area contributed by atoms with E-state index < -0.39 is 5.60 Å². The second-order valence-corrected chi connectivity index (χ2v) is 5.18. The van der Waals surface area contributed by atoms with Crippen molar-refractivity contribution >= 4 is 11.4 Å². The molecule has 0 radical (unpaired) electrons. The molecule has 0 saturated carbocycles. The summed E-state index contributed by atoms with van der Waals surface area (Å²) in [4.78, 5) is 12.8. The second kappa shape index (κ2) is 4.57. The van der Waals surface area contributed by atoms with E-state index in [9.17, 15) is 15.2 Å². The molecule has 1 aromatic rings. The Balaban J connectivity index is 2.30. The highest BCUT2D eigenvalue weighted by molar-refractivity contribution is 5.66. The minimum Gasteiger partial charge on any atom is -0.390 e. The highest BCUT2D eigenvalue weighted by Crippen LogP contribution is 2.34. The van der Waals surface area contributed by atoms with Crippen LogP contribution in [0.1, 0.15) is 25.3 Å². The number of aryl methyl sites for hydroxylation is 1. The fraction of sp³-hybridized carbons (Fsp3) is 0.538. The summed E-state index contributed by atoms with van der Waals surface area (Å²) in [5.74, 6) is 0. The van der Waals surface area contributed by atoms with Crippen LogP contribution >= 0.6 is 0 Å². The van der Waals surface area contributed by atoms with Gasteiger partial charge in [0.2, 0.25) is 0 Å². The van der Waals surface area contributed by atoms with Gasteiger partial charge in [-0.25, -0.2) is 0 Å². The predicted octanol–water partition coefficient (Wildman–Crippen LogP) is 2.25. The van der Waals surface area contributed by atoms with E-state index in [2.05, 4.69) is 0 Å². The van der Waals surface area contributed by atoms with Gasteiger partial charge in [-0.2, -0.15) is 0 Å². The summed E-state index contributed by atoms with van der Waals surface area (Å²) in [5.41, 5.74) is 0.874. The van der Waals surface area contributed by atoms with Crippen LogP contribution in [0.4, 0.5) is 11.4 Å². The monoisotopic (exact) mass is 250 g/mol. The molecule has 98 valence electrons. The van der Waals surface area contributed by atoms with Crippen LogP contribution in [-0.4, -0.2) is 28.7 Å². The first-order valence-corrected chi connectivity index (χ1v) is 6.12. The largest absolute Gasteiger partial charge is 0.390 e. The summed E-state index contributed by atoms with van der Waals surface area (Å²) >= 11 is 0. The predicted molar refractivity (Wildman–Crippen MR) is 69.9 cm³/mol. The Morgan fingerprint density at radius 1 is 1.39 bits per heavy atom. The molecule has 0 amide bonds. The van der Waals surface area contributed by atoms with Gasteiger partial charge >= 0.3 is 0 Å². The lowest BCUT2D eigenvalue weighted by Gasteiger charge is -2.36. The van der Waals surface area contributed by atoms with Crippen LogP contribution in [-0.2, 0) is 0 Å². The first-order valence-electron chi connectivity index (χ1n) is 6.12. The standard InChI is InChI=1S/C13H18N2O3/c1-10-4-3-5-11(12(10)15(17)18)14-8-6-13(2,16)7-9-14/h3-5,16H,6-9H2,1-2H3. The average Bonchev–Trinajstić information content (AvgIpc) is 2.28. The van der Waals surface area contributed by atoms with Gasteiger partial charge < -0.3 is 10.0 Å². The van der Waals surface area contributed by atoms with Gasteiger partial charge in [0.1, 0.15) is 5.69 Å². The molecule has 5 nitrogen and oxygen atoms in total. The highest BCUT2D eigenvalue weighted by atomic mass is 16.6. The number of hydrogen-bond acceptors (Lipinski definition) is 4. The number of rotatable bonds is 2. The van der Waals surface area contributed by atoms with Crippen LogP contribution < -0.4 is 4.90 Å². The smallest absolute Gasteiger partial charge is 0.295 e. The maximum atomic E-state index is 11.1. The number of para-hydroxylation sites is 1. The van der Waals surface area contributed by atoms with Gasteiger partial charge in [0, 0.05) is 18.7 Å². The highest BCUT2D eigenvalue weighted by Gasteiger charge is 2.30. The molecule has 1 fully saturated rings. The number of hydrogen-bond donors (Lipinski definition) is 1. The molecule has 0 atom stereocenters. The summed E-state index contributed by atoms with van der Waals surface area (Å²) in [6, 6.07) is 5.37. The maximum absolute atomic E-state index is 11.1. The lowest BCUT2D eigenvalue weighted by molar-refractivity contribution is -0.384. The number of piperidine rings is 1. The zero-order valence-electron chi connectivity index (χ0n) is 10.7. The third kappa shape index (κ3) is 2.46. The molecule has 18 heavy (non-hydrogen) atoms. The van der Waals surface area contributed by atoms with E-state index in [1.165, 1.54) is 0 Å². The van der Waals surface area contributed by atoms with E-state index in [-0.39, 0.29) is 10.6 Å². The number of aliphatic hydroxyl groups is 1. The van der Waals surface area contributed by atoms with Gasteiger partial charge in [-0.15, -0.1) is 0 Å². The Bertz CT molecular complexity index is 461. The van der Waals surface area contributed by atoms with Crippen LogP contribution in [0.5, 0.6) is 0 Å². The van der Waals surface area contributed by atoms with Crippen LogP contribution in [0.2, 0.25) is 0 Å². The van der Waals surface area contributed by atoms with E-state index in [0.29, 0.717) is 37.2 Å². The zero-order valence-corrected chi connectivity index (χ0v) is 10.7. The van der Waals surface area contributed by atoms with Crippen LogP contribution in [0.15, 0.2) is 18.2 Å². The summed E-state index contributed by atoms with van der Waals surface area (Å²) in [6.07, 6.45) is 1.27. The van der Waals surface area contributed by atoms with Gasteiger partial charge in [0.15, 0.2) is 0 Å². The average molecular weight is 250 g/mol. The Kier molecular flexibility index (Phi) is 3.26. The second-order valence-electron chi connectivity index (χ2n) is 5.18. The molecule has 0 bridgehead atoms. The van der Waals surface area contributed by atoms with E-state index in [1.807, 2.05) is 17.9 Å². The van der Waals surface area contributed by atoms with Crippen molar-refractivity contribution in [2.75, 3.05) is 18.0 Å². The molecule has 1 aliphatic rings. The summed E-state index contributed by atoms with van der Waals surface area (Å²) in [5, 5.41) is 21.1. The first-order chi connectivity index (χ1) is 8.41. The van der Waals surface area contributed by atoms with E-state index in [1.54, 1.807) is 19.1 Å². The van der Waals surface area contributed by atoms with Crippen LogP contribution in [0.3, 0.4) is 0 Å². The van der Waals surface area contributed by atoms with Gasteiger partial charge in [0.05, 0.1) is 10.5 Å². The number of nitrogens with zero attached hydrogens (tertiary/aromatic N) is 2. The molecule has 5 heteroatoms. The van der Waals surface area contributed by atoms with Crippen molar-refractivity contribution in [3.8, 4) is 0 Å². The fourth-order valence-corrected chi connectivity index (χ4v) is 2.37. The first kappa shape index (κ1) is 12.8. The molecule has 1 aromatic carbocycles. The van der Waals surface area contributed by atoms with Crippen LogP contribution in [0.25, 0.3) is 0 Å². The zero-order chi connectivity index (χ0) is 13.3. The molecule has 1 N–H and O–H groups in total. The van der Waals surface area contributed by atoms with Crippen molar-refractivity contribution in [1.82, 2.24) is 0 Å². The quantitative estimate of drug-likeness (QED) is 0.645. The number of benzene rings is 1. The van der Waals surface area contributed by atoms with Crippen molar-refractivity contribution < 1.29 is 10.0 Å². The van der Waals surface area contributed by atoms with Crippen molar-refractivity contribution in [2.45, 2.75) is 32.3 Å². The number of anilines is 1. The molecule has 0 unspecified atom stereocenters. The number of nitro groups is 1. The fourth-order valence-electron chi connectivity index (χ4n) is 2.37. The number of nitro benzene ring substituents is 1. The lowest BCUT2D eigenvalue weighted by atomic mass is 9.93. The normalized spacial score (nSPS) is 18.7. The maximum Gasteiger partial charge on any atom is 0.295 e. The molecule has 1 heterocycles. The van der Waals surface area contributed by atoms with Gasteiger partial charge in [-0.3, -0.25) is 10.1 Å². The SMILES string of the molecule is Cc1cccc(N2CCC(C)(O)CC2)c1[N+](=O)[O-]. The molecular formula is C13H18N2O3. The lowest BCUT2D eigenvalue weighted by Crippen LogP contribution is -2.42. The van der Waals surface area contributed by atoms with Crippen molar-refractivity contribution in [2.24, 2.45) is 0 Å². The van der Waals surface area contributed by atoms with Gasteiger partial charge in [-0.1, -0.05) is 12.1 Å². The van der Waals surface area contributed by atoms with E-state index >= 15 is 0 Å². The summed E-state index contributed by atoms with van der Waals surface area (Å²) in [7, 11) is 0. The molecule has 1 aliphatic heterocycles. The minimum atomic E-state index is -0.644. The Morgan fingerprint density at radius 3 is 2.56 bits per heavy atom. The molecular weight excluding hydrogens is 232 g/mol. The third-order valence-corrected chi connectivity index (χ3v) is 3.58. The summed E-state index contributed by atoms with van der Waals surface area (Å²) in [6.45, 7) is 4.87. The molecule has 0 aromatic heterocycles. The minimum absolute atomic E-state index is 0.180. The van der Waals surface area contributed by atoms with Crippen molar-refractivity contribution in [1.29, 1.82) is 0 Å². The Labute approximate surface area is 106 Å². The van der Waals surface area contributed by atoms with Crippen molar-refractivity contribution in [3.63, 3.8) is 0 Å². The third-order valence-electron chi connectivity index (χ3n) is 3.58. The van der Waals surface area contributed by atoms with E-state index in [4.69, 9.17) is 0 Å². The molecule has 2 rings (SSSR count). The molecule has 1 saturated heterocycles. The Morgan fingerprint density at radius 2 is 2.00 bits per heavy atom. The van der Waals surface area contributed by atoms with Crippen LogP contribution in [0, 0.1) is 17.0 Å².